The van der Waals surface area contributed by atoms with Crippen LogP contribution in [0.4, 0.5) is 5.69 Å². The Balaban J connectivity index is 2.24. The minimum absolute atomic E-state index is 0.103. The van der Waals surface area contributed by atoms with Crippen molar-refractivity contribution in [2.45, 2.75) is 0 Å². The number of ether oxygens (including phenoxy) is 1. The van der Waals surface area contributed by atoms with Crippen LogP contribution in [0.15, 0.2) is 41.0 Å². The molecule has 0 aliphatic heterocycles. The number of nitriles is 1. The highest BCUT2D eigenvalue weighted by Gasteiger charge is 2.14. The van der Waals surface area contributed by atoms with Gasteiger partial charge in [0.25, 0.3) is 5.91 Å². The molecule has 0 atom stereocenters. The van der Waals surface area contributed by atoms with Gasteiger partial charge in [-0.3, -0.25) is 4.79 Å². The number of nitrogens with one attached hydrogen (secondary N) is 1. The summed E-state index contributed by atoms with van der Waals surface area (Å²) in [5.41, 5.74) is 0.690. The standard InChI is InChI=1S/C14H9BrClN3O2/c15-9-7-10(13(16)18-8-9)14(20)19-11-3-1-2-4-12(11)21-6-5-17/h1-4,7-8H,6H2,(H,19,20). The van der Waals surface area contributed by atoms with Gasteiger partial charge >= 0.3 is 0 Å². The Bertz CT molecular complexity index is 716. The van der Waals surface area contributed by atoms with Crippen LogP contribution in [-0.4, -0.2) is 17.5 Å². The van der Waals surface area contributed by atoms with E-state index in [-0.39, 0.29) is 17.3 Å². The zero-order chi connectivity index (χ0) is 15.2. The molecule has 0 radical (unpaired) electrons. The Labute approximate surface area is 134 Å². The number of aromatic nitrogens is 1. The molecular formula is C14H9BrClN3O2. The molecule has 1 amide bonds. The zero-order valence-corrected chi connectivity index (χ0v) is 13.0. The molecule has 1 aromatic carbocycles. The van der Waals surface area contributed by atoms with Crippen molar-refractivity contribution in [2.75, 3.05) is 11.9 Å². The number of halogens is 2. The van der Waals surface area contributed by atoms with Gasteiger partial charge in [-0.05, 0) is 34.1 Å². The van der Waals surface area contributed by atoms with Crippen LogP contribution in [-0.2, 0) is 0 Å². The normalized spacial score (nSPS) is 9.76. The van der Waals surface area contributed by atoms with Crippen molar-refractivity contribution in [1.82, 2.24) is 4.98 Å². The molecule has 0 fully saturated rings. The van der Waals surface area contributed by atoms with Crippen molar-refractivity contribution in [2.24, 2.45) is 0 Å². The molecule has 2 rings (SSSR count). The second kappa shape index (κ2) is 7.07. The predicted octanol–water partition coefficient (Wildman–Crippen LogP) is 3.65. The number of carbonyl (C=O) groups is 1. The maximum Gasteiger partial charge on any atom is 0.258 e. The van der Waals surface area contributed by atoms with E-state index in [1.807, 2.05) is 6.07 Å². The van der Waals surface area contributed by atoms with Crippen molar-refractivity contribution < 1.29 is 9.53 Å². The summed E-state index contributed by atoms with van der Waals surface area (Å²) in [6.45, 7) is -0.105. The Morgan fingerprint density at radius 2 is 2.24 bits per heavy atom. The second-order valence-corrected chi connectivity index (χ2v) is 5.16. The number of anilines is 1. The van der Waals surface area contributed by atoms with Crippen LogP contribution in [0.25, 0.3) is 0 Å². The quantitative estimate of drug-likeness (QED) is 0.838. The highest BCUT2D eigenvalue weighted by molar-refractivity contribution is 9.10. The molecule has 0 saturated carbocycles. The summed E-state index contributed by atoms with van der Waals surface area (Å²) in [7, 11) is 0. The largest absolute Gasteiger partial charge is 0.477 e. The minimum atomic E-state index is -0.415. The number of nitrogens with zero attached hydrogens (tertiary/aromatic N) is 2. The topological polar surface area (TPSA) is 75.0 Å². The SMILES string of the molecule is N#CCOc1ccccc1NC(=O)c1cc(Br)cnc1Cl. The lowest BCUT2D eigenvalue weighted by atomic mass is 10.2. The van der Waals surface area contributed by atoms with Gasteiger partial charge in [-0.1, -0.05) is 23.7 Å². The monoisotopic (exact) mass is 365 g/mol. The molecule has 0 saturated heterocycles. The van der Waals surface area contributed by atoms with Crippen LogP contribution >= 0.6 is 27.5 Å². The van der Waals surface area contributed by atoms with Crippen LogP contribution in [0.5, 0.6) is 5.75 Å². The van der Waals surface area contributed by atoms with Crippen LogP contribution in [0.3, 0.4) is 0 Å². The first-order valence-corrected chi connectivity index (χ1v) is 7.00. The third-order valence-electron chi connectivity index (χ3n) is 2.48. The second-order valence-electron chi connectivity index (χ2n) is 3.89. The number of pyridine rings is 1. The summed E-state index contributed by atoms with van der Waals surface area (Å²) in [5, 5.41) is 11.3. The molecule has 1 heterocycles. The van der Waals surface area contributed by atoms with Crippen LogP contribution in [0.2, 0.25) is 5.15 Å². The molecule has 0 spiro atoms. The average Bonchev–Trinajstić information content (AvgIpc) is 2.48. The average molecular weight is 367 g/mol. The van der Waals surface area contributed by atoms with E-state index in [2.05, 4.69) is 26.2 Å². The number of rotatable bonds is 4. The van der Waals surface area contributed by atoms with Gasteiger partial charge in [-0.15, -0.1) is 0 Å². The van der Waals surface area contributed by atoms with E-state index >= 15 is 0 Å². The van der Waals surface area contributed by atoms with Gasteiger partial charge in [-0.25, -0.2) is 4.98 Å². The van der Waals surface area contributed by atoms with E-state index in [1.54, 1.807) is 30.3 Å². The number of hydrogen-bond acceptors (Lipinski definition) is 4. The first kappa shape index (κ1) is 15.3. The highest BCUT2D eigenvalue weighted by Crippen LogP contribution is 2.25. The van der Waals surface area contributed by atoms with Gasteiger partial charge in [0.1, 0.15) is 17.0 Å². The predicted molar refractivity (Wildman–Crippen MR) is 82.5 cm³/mol. The van der Waals surface area contributed by atoms with Gasteiger partial charge in [0.05, 0.1) is 11.3 Å². The lowest BCUT2D eigenvalue weighted by Gasteiger charge is -2.11. The number of carbonyl (C=O) groups excluding carboxylic acids is 1. The molecule has 0 aliphatic rings. The van der Waals surface area contributed by atoms with Crippen molar-refractivity contribution in [3.8, 4) is 11.8 Å². The van der Waals surface area contributed by atoms with Crippen LogP contribution in [0.1, 0.15) is 10.4 Å². The number of benzene rings is 1. The summed E-state index contributed by atoms with van der Waals surface area (Å²) >= 11 is 9.15. The smallest absolute Gasteiger partial charge is 0.258 e. The molecule has 7 heteroatoms. The first-order valence-electron chi connectivity index (χ1n) is 5.83. The van der Waals surface area contributed by atoms with E-state index in [0.29, 0.717) is 15.9 Å². The molecule has 0 aliphatic carbocycles. The van der Waals surface area contributed by atoms with Gasteiger partial charge in [0, 0.05) is 10.7 Å². The molecule has 5 nitrogen and oxygen atoms in total. The molecule has 0 bridgehead atoms. The highest BCUT2D eigenvalue weighted by atomic mass is 79.9. The fourth-order valence-corrected chi connectivity index (χ4v) is 2.10. The number of para-hydroxylation sites is 2. The van der Waals surface area contributed by atoms with Gasteiger partial charge < -0.3 is 10.1 Å². The Kier molecular flexibility index (Phi) is 5.14. The summed E-state index contributed by atoms with van der Waals surface area (Å²) in [6, 6.07) is 10.3. The third kappa shape index (κ3) is 3.94. The lowest BCUT2D eigenvalue weighted by molar-refractivity contribution is 0.102. The summed E-state index contributed by atoms with van der Waals surface area (Å²) in [5.74, 6) is -0.00622. The Morgan fingerprint density at radius 3 is 3.00 bits per heavy atom. The molecule has 106 valence electrons. The fourth-order valence-electron chi connectivity index (χ4n) is 1.58. The van der Waals surface area contributed by atoms with Gasteiger partial charge in [-0.2, -0.15) is 5.26 Å². The van der Waals surface area contributed by atoms with Gasteiger partial charge in [0.2, 0.25) is 0 Å². The molecule has 21 heavy (non-hydrogen) atoms. The summed E-state index contributed by atoms with van der Waals surface area (Å²) in [6.07, 6.45) is 1.50. The third-order valence-corrected chi connectivity index (χ3v) is 3.21. The van der Waals surface area contributed by atoms with E-state index < -0.39 is 5.91 Å². The van der Waals surface area contributed by atoms with E-state index in [9.17, 15) is 4.79 Å². The maximum atomic E-state index is 12.2. The van der Waals surface area contributed by atoms with E-state index in [0.717, 1.165) is 0 Å². The van der Waals surface area contributed by atoms with Crippen LogP contribution in [0, 0.1) is 11.3 Å². The van der Waals surface area contributed by atoms with Gasteiger partial charge in [0.15, 0.2) is 6.61 Å². The molecule has 2 aromatic rings. The van der Waals surface area contributed by atoms with Crippen molar-refractivity contribution in [3.05, 3.63) is 51.7 Å². The Morgan fingerprint density at radius 1 is 1.48 bits per heavy atom. The maximum absolute atomic E-state index is 12.2. The number of amides is 1. The first-order chi connectivity index (χ1) is 10.1. The minimum Gasteiger partial charge on any atom is -0.477 e. The van der Waals surface area contributed by atoms with Crippen molar-refractivity contribution >= 4 is 39.1 Å². The summed E-state index contributed by atoms with van der Waals surface area (Å²) < 4.78 is 5.89. The van der Waals surface area contributed by atoms with E-state index in [4.69, 9.17) is 21.6 Å². The van der Waals surface area contributed by atoms with Crippen molar-refractivity contribution in [1.29, 1.82) is 5.26 Å². The number of hydrogen-bond donors (Lipinski definition) is 1. The van der Waals surface area contributed by atoms with Crippen molar-refractivity contribution in [3.63, 3.8) is 0 Å². The molecular weight excluding hydrogens is 358 g/mol. The fraction of sp³-hybridized carbons (Fsp3) is 0.0714. The Hall–Kier alpha value is -2.10. The lowest BCUT2D eigenvalue weighted by Crippen LogP contribution is -2.14. The summed E-state index contributed by atoms with van der Waals surface area (Å²) in [4.78, 5) is 16.1. The zero-order valence-electron chi connectivity index (χ0n) is 10.6. The van der Waals surface area contributed by atoms with E-state index in [1.165, 1.54) is 6.20 Å². The van der Waals surface area contributed by atoms with Crippen LogP contribution < -0.4 is 10.1 Å². The molecule has 1 aromatic heterocycles. The molecule has 0 unspecified atom stereocenters. The molecule has 1 N–H and O–H groups in total.